The van der Waals surface area contributed by atoms with Crippen LogP contribution in [0.1, 0.15) is 108 Å². The van der Waals surface area contributed by atoms with Gasteiger partial charge in [0.2, 0.25) is 5.91 Å². The lowest BCUT2D eigenvalue weighted by Gasteiger charge is -2.47. The molecule has 1 rings (SSSR count). The number of rotatable bonds is 20. The molecule has 13 heteroatoms. The first-order valence-electron chi connectivity index (χ1n) is 17.5. The van der Waals surface area contributed by atoms with Gasteiger partial charge in [-0.15, -0.1) is 0 Å². The minimum Gasteiger partial charge on any atom is -0.462 e. The van der Waals surface area contributed by atoms with Crippen molar-refractivity contribution in [2.24, 2.45) is 0 Å². The molecule has 1 aliphatic rings. The predicted molar refractivity (Wildman–Crippen MR) is 188 cm³/mol. The van der Waals surface area contributed by atoms with Gasteiger partial charge in [-0.05, 0) is 94.9 Å². The molecule has 0 aromatic carbocycles. The Hall–Kier alpha value is -2.77. The molecular weight excluding hydrogens is 632 g/mol. The quantitative estimate of drug-likeness (QED) is 0.0795. The van der Waals surface area contributed by atoms with E-state index in [1.807, 2.05) is 69.2 Å². The molecule has 13 nitrogen and oxygen atoms in total. The van der Waals surface area contributed by atoms with Crippen LogP contribution < -0.4 is 0 Å². The third-order valence-corrected chi connectivity index (χ3v) is 8.48. The third kappa shape index (κ3) is 18.2. The zero-order valence-corrected chi connectivity index (χ0v) is 32.5. The Balaban J connectivity index is 3.73. The molecule has 0 bridgehead atoms. The standard InChI is InChI=1S/C36H66N4O9/c1-32(2,3)48-30(44)23-39-22-21-38(19-17-34(7,8)46-27-41)25-36(26-39,16-14-13-15-29(43)37(11)12)40(20-18-35(9,10)47-28-42)24-31(45)49-33(4,5)6/h27-28H,13-26H2,1-12H3. The van der Waals surface area contributed by atoms with Crippen LogP contribution in [0.15, 0.2) is 0 Å². The van der Waals surface area contributed by atoms with Crippen molar-refractivity contribution in [1.29, 1.82) is 0 Å². The van der Waals surface area contributed by atoms with E-state index in [0.717, 1.165) is 0 Å². The predicted octanol–water partition coefficient (Wildman–Crippen LogP) is 3.66. The average molecular weight is 699 g/mol. The molecular formula is C36H66N4O9. The Kier molecular flexibility index (Phi) is 17.2. The van der Waals surface area contributed by atoms with Crippen LogP contribution in [-0.2, 0) is 42.9 Å². The van der Waals surface area contributed by atoms with E-state index in [2.05, 4.69) is 14.7 Å². The monoisotopic (exact) mass is 698 g/mol. The first kappa shape index (κ1) is 44.3. The SMILES string of the molecule is CN(C)C(=O)CCCCC1(N(CCC(C)(C)OC=O)CC(=O)OC(C)(C)C)CN(CCC(C)(C)OC=O)CCN(CC(=O)OC(C)(C)C)C1. The lowest BCUT2D eigenvalue weighted by molar-refractivity contribution is -0.161. The molecule has 0 aliphatic carbocycles. The van der Waals surface area contributed by atoms with Crippen LogP contribution in [0.2, 0.25) is 0 Å². The summed E-state index contributed by atoms with van der Waals surface area (Å²) in [6.07, 6.45) is 3.33. The number of carbonyl (C=O) groups excluding carboxylic acids is 5. The van der Waals surface area contributed by atoms with Crippen molar-refractivity contribution in [3.63, 3.8) is 0 Å². The van der Waals surface area contributed by atoms with Crippen LogP contribution in [0, 0.1) is 0 Å². The fourth-order valence-electron chi connectivity index (χ4n) is 5.90. The van der Waals surface area contributed by atoms with Crippen molar-refractivity contribution in [3.05, 3.63) is 0 Å². The fraction of sp³-hybridized carbons (Fsp3) is 0.861. The van der Waals surface area contributed by atoms with E-state index < -0.39 is 33.9 Å². The molecule has 49 heavy (non-hydrogen) atoms. The molecule has 0 spiro atoms. The summed E-state index contributed by atoms with van der Waals surface area (Å²) in [6, 6.07) is 0. The molecule has 1 saturated heterocycles. The van der Waals surface area contributed by atoms with Gasteiger partial charge in [-0.25, -0.2) is 0 Å². The summed E-state index contributed by atoms with van der Waals surface area (Å²) >= 11 is 0. The van der Waals surface area contributed by atoms with E-state index in [0.29, 0.717) is 90.7 Å². The van der Waals surface area contributed by atoms with Gasteiger partial charge in [0.15, 0.2) is 0 Å². The lowest BCUT2D eigenvalue weighted by Crippen LogP contribution is -2.62. The summed E-state index contributed by atoms with van der Waals surface area (Å²) in [5.41, 5.74) is -3.54. The summed E-state index contributed by atoms with van der Waals surface area (Å²) in [5.74, 6) is -0.691. The lowest BCUT2D eigenvalue weighted by atomic mass is 9.87. The highest BCUT2D eigenvalue weighted by Crippen LogP contribution is 2.31. The van der Waals surface area contributed by atoms with Gasteiger partial charge in [0, 0.05) is 65.3 Å². The van der Waals surface area contributed by atoms with E-state index in [9.17, 15) is 24.0 Å². The second-order valence-corrected chi connectivity index (χ2v) is 16.7. The summed E-state index contributed by atoms with van der Waals surface area (Å²) in [4.78, 5) is 69.9. The first-order valence-corrected chi connectivity index (χ1v) is 17.5. The highest BCUT2D eigenvalue weighted by molar-refractivity contribution is 5.75. The highest BCUT2D eigenvalue weighted by Gasteiger charge is 2.44. The van der Waals surface area contributed by atoms with Gasteiger partial charge in [0.25, 0.3) is 12.9 Å². The molecule has 0 aromatic rings. The molecule has 0 N–H and O–H groups in total. The van der Waals surface area contributed by atoms with E-state index in [1.165, 1.54) is 0 Å². The Morgan fingerprint density at radius 3 is 1.78 bits per heavy atom. The van der Waals surface area contributed by atoms with Gasteiger partial charge in [0.05, 0.1) is 13.1 Å². The molecule has 1 atom stereocenters. The maximum absolute atomic E-state index is 13.6. The van der Waals surface area contributed by atoms with Gasteiger partial charge >= 0.3 is 11.9 Å². The van der Waals surface area contributed by atoms with Gasteiger partial charge in [0.1, 0.15) is 22.4 Å². The smallest absolute Gasteiger partial charge is 0.320 e. The molecule has 1 heterocycles. The molecule has 0 aromatic heterocycles. The molecule has 1 aliphatic heterocycles. The molecule has 0 radical (unpaired) electrons. The van der Waals surface area contributed by atoms with Gasteiger partial charge in [-0.2, -0.15) is 0 Å². The number of hydrogen-bond acceptors (Lipinski definition) is 12. The van der Waals surface area contributed by atoms with Crippen molar-refractivity contribution in [1.82, 2.24) is 19.6 Å². The Labute approximate surface area is 295 Å². The average Bonchev–Trinajstić information content (AvgIpc) is 3.09. The molecule has 284 valence electrons. The second-order valence-electron chi connectivity index (χ2n) is 16.7. The van der Waals surface area contributed by atoms with Crippen molar-refractivity contribution < 1.29 is 42.9 Å². The normalized spacial score (nSPS) is 18.4. The molecule has 1 amide bonds. The van der Waals surface area contributed by atoms with Crippen LogP contribution in [0.3, 0.4) is 0 Å². The van der Waals surface area contributed by atoms with Crippen molar-refractivity contribution in [2.75, 3.05) is 66.5 Å². The number of carbonyl (C=O) groups is 5. The van der Waals surface area contributed by atoms with Crippen LogP contribution in [0.25, 0.3) is 0 Å². The number of nitrogens with zero attached hydrogens (tertiary/aromatic N) is 4. The molecule has 1 fully saturated rings. The third-order valence-electron chi connectivity index (χ3n) is 8.48. The number of unbranched alkanes of at least 4 members (excludes halogenated alkanes) is 1. The number of amides is 1. The molecule has 1 unspecified atom stereocenters. The largest absolute Gasteiger partial charge is 0.462 e. The maximum atomic E-state index is 13.6. The summed E-state index contributed by atoms with van der Waals surface area (Å²) < 4.78 is 22.3. The van der Waals surface area contributed by atoms with Gasteiger partial charge < -0.3 is 28.7 Å². The Morgan fingerprint density at radius 1 is 0.735 bits per heavy atom. The summed E-state index contributed by atoms with van der Waals surface area (Å²) in [6.45, 7) is 22.5. The van der Waals surface area contributed by atoms with E-state index in [4.69, 9.17) is 18.9 Å². The van der Waals surface area contributed by atoms with E-state index in [-0.39, 0.29) is 25.0 Å². The number of hydrogen-bond donors (Lipinski definition) is 0. The van der Waals surface area contributed by atoms with Crippen molar-refractivity contribution in [2.45, 2.75) is 136 Å². The number of esters is 2. The van der Waals surface area contributed by atoms with Gasteiger partial charge in [-0.3, -0.25) is 33.8 Å². The van der Waals surface area contributed by atoms with Crippen LogP contribution in [0.4, 0.5) is 0 Å². The van der Waals surface area contributed by atoms with Crippen LogP contribution >= 0.6 is 0 Å². The maximum Gasteiger partial charge on any atom is 0.320 e. The van der Waals surface area contributed by atoms with E-state index >= 15 is 0 Å². The Morgan fingerprint density at radius 2 is 1.24 bits per heavy atom. The second kappa shape index (κ2) is 19.0. The Bertz CT molecular complexity index is 1080. The van der Waals surface area contributed by atoms with Crippen molar-refractivity contribution >= 4 is 30.8 Å². The topological polar surface area (TPSA) is 135 Å². The highest BCUT2D eigenvalue weighted by atomic mass is 16.6. The fourth-order valence-corrected chi connectivity index (χ4v) is 5.90. The minimum absolute atomic E-state index is 0.0288. The number of ether oxygens (including phenoxy) is 4. The zero-order valence-electron chi connectivity index (χ0n) is 32.5. The summed E-state index contributed by atoms with van der Waals surface area (Å²) in [7, 11) is 3.48. The minimum atomic E-state index is -0.802. The van der Waals surface area contributed by atoms with Gasteiger partial charge in [-0.1, -0.05) is 6.42 Å². The van der Waals surface area contributed by atoms with Crippen LogP contribution in [0.5, 0.6) is 0 Å². The first-order chi connectivity index (χ1) is 22.4. The van der Waals surface area contributed by atoms with E-state index in [1.54, 1.807) is 19.0 Å². The zero-order chi connectivity index (χ0) is 37.7. The van der Waals surface area contributed by atoms with Crippen LogP contribution in [-0.4, -0.2) is 145 Å². The molecule has 0 saturated carbocycles. The van der Waals surface area contributed by atoms with Crippen molar-refractivity contribution in [3.8, 4) is 0 Å². The summed E-state index contributed by atoms with van der Waals surface area (Å²) in [5, 5.41) is 0.